The van der Waals surface area contributed by atoms with Gasteiger partial charge in [-0.3, -0.25) is 4.79 Å². The molecular formula is C12H23ClN2O. The lowest BCUT2D eigenvalue weighted by molar-refractivity contribution is -0.135. The predicted octanol–water partition coefficient (Wildman–Crippen LogP) is 1.80. The van der Waals surface area contributed by atoms with Crippen molar-refractivity contribution < 1.29 is 4.79 Å². The third-order valence-corrected chi connectivity index (χ3v) is 4.02. The van der Waals surface area contributed by atoms with E-state index in [2.05, 4.69) is 11.8 Å². The van der Waals surface area contributed by atoms with Crippen LogP contribution in [0.2, 0.25) is 0 Å². The van der Waals surface area contributed by atoms with Crippen molar-refractivity contribution in [2.24, 2.45) is 5.92 Å². The van der Waals surface area contributed by atoms with Crippen LogP contribution in [0.15, 0.2) is 0 Å². The van der Waals surface area contributed by atoms with Crippen LogP contribution in [0, 0.1) is 5.92 Å². The molecule has 3 nitrogen and oxygen atoms in total. The number of hydrogen-bond donors (Lipinski definition) is 0. The highest BCUT2D eigenvalue weighted by molar-refractivity contribution is 6.19. The largest absolute Gasteiger partial charge is 0.342 e. The van der Waals surface area contributed by atoms with E-state index in [9.17, 15) is 4.79 Å². The molecule has 0 saturated carbocycles. The molecule has 0 aromatic rings. The highest BCUT2D eigenvalue weighted by atomic mass is 35.5. The van der Waals surface area contributed by atoms with Gasteiger partial charge in [0, 0.05) is 38.0 Å². The molecule has 4 heteroatoms. The van der Waals surface area contributed by atoms with E-state index in [1.54, 1.807) is 0 Å². The molecule has 1 amide bonds. The van der Waals surface area contributed by atoms with Gasteiger partial charge in [-0.2, -0.15) is 0 Å². The van der Waals surface area contributed by atoms with Gasteiger partial charge in [-0.15, -0.1) is 11.6 Å². The molecule has 1 saturated heterocycles. The zero-order valence-corrected chi connectivity index (χ0v) is 11.3. The number of amides is 1. The van der Waals surface area contributed by atoms with Crippen LogP contribution in [0.4, 0.5) is 0 Å². The van der Waals surface area contributed by atoms with Crippen LogP contribution in [0.5, 0.6) is 0 Å². The van der Waals surface area contributed by atoms with E-state index in [1.807, 2.05) is 18.9 Å². The fraction of sp³-hybridized carbons (Fsp3) is 0.917. The zero-order chi connectivity index (χ0) is 12.1. The number of halogens is 1. The summed E-state index contributed by atoms with van der Waals surface area (Å²) < 4.78 is 0. The topological polar surface area (TPSA) is 23.6 Å². The molecule has 1 rings (SSSR count). The molecule has 0 radical (unpaired) electrons. The van der Waals surface area contributed by atoms with Crippen LogP contribution in [-0.4, -0.2) is 54.3 Å². The Morgan fingerprint density at radius 1 is 1.50 bits per heavy atom. The average molecular weight is 247 g/mol. The Kier molecular flexibility index (Phi) is 5.56. The van der Waals surface area contributed by atoms with E-state index >= 15 is 0 Å². The Morgan fingerprint density at radius 3 is 2.50 bits per heavy atom. The van der Waals surface area contributed by atoms with Crippen molar-refractivity contribution in [3.8, 4) is 0 Å². The predicted molar refractivity (Wildman–Crippen MR) is 67.8 cm³/mol. The van der Waals surface area contributed by atoms with E-state index < -0.39 is 0 Å². The van der Waals surface area contributed by atoms with E-state index in [-0.39, 0.29) is 11.8 Å². The lowest BCUT2D eigenvalue weighted by Crippen LogP contribution is -2.47. The van der Waals surface area contributed by atoms with Gasteiger partial charge in [0.1, 0.15) is 0 Å². The van der Waals surface area contributed by atoms with Gasteiger partial charge in [0.2, 0.25) is 5.91 Å². The summed E-state index contributed by atoms with van der Waals surface area (Å²) in [6.45, 7) is 7.41. The highest BCUT2D eigenvalue weighted by Gasteiger charge is 2.26. The van der Waals surface area contributed by atoms with E-state index in [1.165, 1.54) is 0 Å². The third kappa shape index (κ3) is 3.36. The summed E-state index contributed by atoms with van der Waals surface area (Å²) in [5.74, 6) is 0.539. The molecule has 0 bridgehead atoms. The van der Waals surface area contributed by atoms with Crippen LogP contribution in [0.3, 0.4) is 0 Å². The quantitative estimate of drug-likeness (QED) is 0.707. The number of alkyl halides is 1. The third-order valence-electron chi connectivity index (χ3n) is 3.55. The standard InChI is InChI=1S/C12H23ClN2O/c1-4-15-7-5-11(6-8-15)14(3)12(16)10(2)9-13/h10-11H,4-9H2,1-3H3. The molecule has 1 heterocycles. The first kappa shape index (κ1) is 13.8. The van der Waals surface area contributed by atoms with Crippen LogP contribution in [0.1, 0.15) is 26.7 Å². The Balaban J connectivity index is 2.43. The summed E-state index contributed by atoms with van der Waals surface area (Å²) in [5, 5.41) is 0. The van der Waals surface area contributed by atoms with Crippen molar-refractivity contribution in [3.63, 3.8) is 0 Å². The molecule has 0 N–H and O–H groups in total. The summed E-state index contributed by atoms with van der Waals surface area (Å²) in [5.41, 5.74) is 0. The number of hydrogen-bond acceptors (Lipinski definition) is 2. The molecule has 0 aromatic heterocycles. The van der Waals surface area contributed by atoms with Gasteiger partial charge < -0.3 is 9.80 Å². The minimum absolute atomic E-state index is 0.0594. The van der Waals surface area contributed by atoms with Gasteiger partial charge in [-0.1, -0.05) is 13.8 Å². The minimum Gasteiger partial charge on any atom is -0.342 e. The summed E-state index contributed by atoms with van der Waals surface area (Å²) in [6, 6.07) is 0.404. The maximum absolute atomic E-state index is 12.0. The SMILES string of the molecule is CCN1CCC(N(C)C(=O)C(C)CCl)CC1. The van der Waals surface area contributed by atoms with Crippen LogP contribution in [0.25, 0.3) is 0 Å². The molecule has 1 aliphatic rings. The molecular weight excluding hydrogens is 224 g/mol. The molecule has 1 atom stereocenters. The Hall–Kier alpha value is -0.280. The number of piperidine rings is 1. The molecule has 1 unspecified atom stereocenters. The maximum Gasteiger partial charge on any atom is 0.226 e. The highest BCUT2D eigenvalue weighted by Crippen LogP contribution is 2.17. The lowest BCUT2D eigenvalue weighted by Gasteiger charge is -2.37. The summed E-state index contributed by atoms with van der Waals surface area (Å²) in [7, 11) is 1.91. The number of carbonyl (C=O) groups is 1. The normalized spacial score (nSPS) is 20.8. The fourth-order valence-electron chi connectivity index (χ4n) is 2.22. The average Bonchev–Trinajstić information content (AvgIpc) is 2.36. The minimum atomic E-state index is -0.0594. The number of nitrogens with zero attached hydrogens (tertiary/aromatic N) is 2. The summed E-state index contributed by atoms with van der Waals surface area (Å²) in [4.78, 5) is 16.3. The number of likely N-dealkylation sites (tertiary alicyclic amines) is 1. The maximum atomic E-state index is 12.0. The van der Waals surface area contributed by atoms with Gasteiger partial charge in [0.25, 0.3) is 0 Å². The van der Waals surface area contributed by atoms with Crippen LogP contribution < -0.4 is 0 Å². The van der Waals surface area contributed by atoms with Crippen molar-refractivity contribution in [1.29, 1.82) is 0 Å². The van der Waals surface area contributed by atoms with E-state index in [4.69, 9.17) is 11.6 Å². The number of carbonyl (C=O) groups excluding carboxylic acids is 1. The van der Waals surface area contributed by atoms with Crippen molar-refractivity contribution in [3.05, 3.63) is 0 Å². The Labute approximate surface area is 104 Å². The Morgan fingerprint density at radius 2 is 2.06 bits per heavy atom. The van der Waals surface area contributed by atoms with Crippen molar-refractivity contribution in [1.82, 2.24) is 9.80 Å². The molecule has 0 aromatic carbocycles. The van der Waals surface area contributed by atoms with E-state index in [0.717, 1.165) is 32.5 Å². The Bertz CT molecular complexity index is 227. The van der Waals surface area contributed by atoms with Gasteiger partial charge in [-0.05, 0) is 19.4 Å². The second kappa shape index (κ2) is 6.45. The molecule has 16 heavy (non-hydrogen) atoms. The zero-order valence-electron chi connectivity index (χ0n) is 10.6. The first-order chi connectivity index (χ1) is 7.60. The monoisotopic (exact) mass is 246 g/mol. The summed E-state index contributed by atoms with van der Waals surface area (Å²) >= 11 is 5.72. The van der Waals surface area contributed by atoms with Crippen LogP contribution in [-0.2, 0) is 4.79 Å². The van der Waals surface area contributed by atoms with Gasteiger partial charge in [0.15, 0.2) is 0 Å². The van der Waals surface area contributed by atoms with Crippen molar-refractivity contribution in [2.75, 3.05) is 32.6 Å². The van der Waals surface area contributed by atoms with E-state index in [0.29, 0.717) is 11.9 Å². The van der Waals surface area contributed by atoms with Gasteiger partial charge in [-0.25, -0.2) is 0 Å². The number of rotatable bonds is 4. The second-order valence-corrected chi connectivity index (χ2v) is 4.98. The van der Waals surface area contributed by atoms with Crippen molar-refractivity contribution >= 4 is 17.5 Å². The first-order valence-corrected chi connectivity index (χ1v) is 6.68. The second-order valence-electron chi connectivity index (χ2n) is 4.67. The van der Waals surface area contributed by atoms with Gasteiger partial charge >= 0.3 is 0 Å². The van der Waals surface area contributed by atoms with Gasteiger partial charge in [0.05, 0.1) is 0 Å². The molecule has 94 valence electrons. The fourth-order valence-corrected chi connectivity index (χ4v) is 2.35. The molecule has 0 aliphatic carbocycles. The lowest BCUT2D eigenvalue weighted by atomic mass is 10.0. The molecule has 1 aliphatic heterocycles. The van der Waals surface area contributed by atoms with Crippen LogP contribution >= 0.6 is 11.6 Å². The molecule has 1 fully saturated rings. The van der Waals surface area contributed by atoms with Crippen molar-refractivity contribution in [2.45, 2.75) is 32.7 Å². The summed E-state index contributed by atoms with van der Waals surface area (Å²) in [6.07, 6.45) is 2.18. The first-order valence-electron chi connectivity index (χ1n) is 6.15. The smallest absolute Gasteiger partial charge is 0.226 e. The molecule has 0 spiro atoms.